The van der Waals surface area contributed by atoms with Crippen LogP contribution >= 0.6 is 11.6 Å². The van der Waals surface area contributed by atoms with Crippen LogP contribution in [0.15, 0.2) is 18.2 Å². The molecule has 1 aliphatic rings. The van der Waals surface area contributed by atoms with Crippen LogP contribution in [0.25, 0.3) is 0 Å². The lowest BCUT2D eigenvalue weighted by Crippen LogP contribution is -2.32. The SMILES string of the molecule is O=C(CN1CCC(CO)C1)Nc1cc(C(=O)O)ccc1Cl. The second-order valence-electron chi connectivity index (χ2n) is 5.12. The van der Waals surface area contributed by atoms with Crippen LogP contribution in [0, 0.1) is 5.92 Å². The highest BCUT2D eigenvalue weighted by atomic mass is 35.5. The number of carbonyl (C=O) groups is 2. The van der Waals surface area contributed by atoms with Crippen molar-refractivity contribution in [2.75, 3.05) is 31.6 Å². The average Bonchev–Trinajstić information content (AvgIpc) is 2.88. The molecule has 114 valence electrons. The molecule has 1 atom stereocenters. The van der Waals surface area contributed by atoms with Gasteiger partial charge in [0.25, 0.3) is 0 Å². The molecule has 0 radical (unpaired) electrons. The highest BCUT2D eigenvalue weighted by molar-refractivity contribution is 6.33. The molecule has 0 aromatic heterocycles. The van der Waals surface area contributed by atoms with Crippen molar-refractivity contribution in [2.24, 2.45) is 5.92 Å². The molecule has 21 heavy (non-hydrogen) atoms. The maximum atomic E-state index is 12.0. The first kappa shape index (κ1) is 15.8. The zero-order chi connectivity index (χ0) is 15.4. The van der Waals surface area contributed by atoms with E-state index in [1.165, 1.54) is 18.2 Å². The van der Waals surface area contributed by atoms with Crippen LogP contribution in [0.2, 0.25) is 5.02 Å². The summed E-state index contributed by atoms with van der Waals surface area (Å²) < 4.78 is 0. The number of aliphatic hydroxyl groups excluding tert-OH is 1. The average molecular weight is 313 g/mol. The molecule has 6 nitrogen and oxygen atoms in total. The van der Waals surface area contributed by atoms with E-state index >= 15 is 0 Å². The van der Waals surface area contributed by atoms with Crippen LogP contribution < -0.4 is 5.32 Å². The number of rotatable bonds is 5. The smallest absolute Gasteiger partial charge is 0.335 e. The van der Waals surface area contributed by atoms with Crippen LogP contribution in [0.1, 0.15) is 16.8 Å². The Morgan fingerprint density at radius 2 is 2.19 bits per heavy atom. The van der Waals surface area contributed by atoms with Gasteiger partial charge in [0.2, 0.25) is 5.91 Å². The Kier molecular flexibility index (Phi) is 5.17. The van der Waals surface area contributed by atoms with Crippen LogP contribution in [-0.2, 0) is 4.79 Å². The third-order valence-corrected chi connectivity index (χ3v) is 3.81. The fourth-order valence-corrected chi connectivity index (χ4v) is 2.52. The molecular formula is C14H17ClN2O4. The van der Waals surface area contributed by atoms with E-state index in [1.54, 1.807) is 0 Å². The summed E-state index contributed by atoms with van der Waals surface area (Å²) in [5.74, 6) is -1.11. The summed E-state index contributed by atoms with van der Waals surface area (Å²) in [6.45, 7) is 1.78. The van der Waals surface area contributed by atoms with Crippen molar-refractivity contribution < 1.29 is 19.8 Å². The Balaban J connectivity index is 1.96. The molecule has 0 aliphatic carbocycles. The van der Waals surface area contributed by atoms with E-state index < -0.39 is 5.97 Å². The molecule has 1 amide bonds. The summed E-state index contributed by atoms with van der Waals surface area (Å²) in [4.78, 5) is 24.8. The minimum absolute atomic E-state index is 0.0659. The number of carboxylic acids is 1. The molecule has 1 unspecified atom stereocenters. The van der Waals surface area contributed by atoms with Crippen molar-refractivity contribution in [2.45, 2.75) is 6.42 Å². The van der Waals surface area contributed by atoms with E-state index in [0.717, 1.165) is 13.0 Å². The van der Waals surface area contributed by atoms with E-state index in [9.17, 15) is 9.59 Å². The van der Waals surface area contributed by atoms with Crippen molar-refractivity contribution in [1.29, 1.82) is 0 Å². The zero-order valence-electron chi connectivity index (χ0n) is 11.4. The van der Waals surface area contributed by atoms with Gasteiger partial charge in [-0.3, -0.25) is 9.69 Å². The second-order valence-corrected chi connectivity index (χ2v) is 5.53. The molecule has 1 aromatic carbocycles. The molecule has 2 rings (SSSR count). The Morgan fingerprint density at radius 1 is 1.43 bits per heavy atom. The molecule has 1 fully saturated rings. The monoisotopic (exact) mass is 312 g/mol. The first-order valence-electron chi connectivity index (χ1n) is 6.65. The molecule has 0 bridgehead atoms. The highest BCUT2D eigenvalue weighted by Gasteiger charge is 2.23. The lowest BCUT2D eigenvalue weighted by molar-refractivity contribution is -0.117. The molecular weight excluding hydrogens is 296 g/mol. The molecule has 3 N–H and O–H groups in total. The van der Waals surface area contributed by atoms with Gasteiger partial charge in [-0.2, -0.15) is 0 Å². The standard InChI is InChI=1S/C14H17ClN2O4/c15-11-2-1-10(14(20)21)5-12(11)16-13(19)7-17-4-3-9(6-17)8-18/h1-2,5,9,18H,3-4,6-8H2,(H,16,19)(H,20,21). The van der Waals surface area contributed by atoms with Crippen molar-refractivity contribution in [3.8, 4) is 0 Å². The largest absolute Gasteiger partial charge is 0.478 e. The van der Waals surface area contributed by atoms with Gasteiger partial charge in [0.1, 0.15) is 0 Å². The number of nitrogens with one attached hydrogen (secondary N) is 1. The van der Waals surface area contributed by atoms with Crippen molar-refractivity contribution in [3.63, 3.8) is 0 Å². The number of carboxylic acid groups (broad SMARTS) is 1. The lowest BCUT2D eigenvalue weighted by Gasteiger charge is -2.15. The summed E-state index contributed by atoms with van der Waals surface area (Å²) >= 11 is 5.95. The number of likely N-dealkylation sites (tertiary alicyclic amines) is 1. The normalized spacial score (nSPS) is 18.7. The summed E-state index contributed by atoms with van der Waals surface area (Å²) in [7, 11) is 0. The van der Waals surface area contributed by atoms with Gasteiger partial charge in [-0.05, 0) is 37.1 Å². The quantitative estimate of drug-likeness (QED) is 0.762. The third kappa shape index (κ3) is 4.17. The molecule has 0 spiro atoms. The number of anilines is 1. The molecule has 7 heteroatoms. The van der Waals surface area contributed by atoms with Gasteiger partial charge in [-0.25, -0.2) is 4.79 Å². The van der Waals surface area contributed by atoms with Crippen LogP contribution in [-0.4, -0.2) is 53.2 Å². The predicted molar refractivity (Wildman–Crippen MR) is 78.7 cm³/mol. The van der Waals surface area contributed by atoms with Gasteiger partial charge >= 0.3 is 5.97 Å². The number of hydrogen-bond donors (Lipinski definition) is 3. The Morgan fingerprint density at radius 3 is 2.81 bits per heavy atom. The Hall–Kier alpha value is -1.63. The molecule has 1 heterocycles. The molecule has 1 saturated heterocycles. The van der Waals surface area contributed by atoms with E-state index in [-0.39, 0.29) is 30.5 Å². The van der Waals surface area contributed by atoms with E-state index in [1.807, 2.05) is 4.90 Å². The van der Waals surface area contributed by atoms with E-state index in [4.69, 9.17) is 21.8 Å². The predicted octanol–water partition coefficient (Wildman–Crippen LogP) is 1.29. The maximum Gasteiger partial charge on any atom is 0.335 e. The van der Waals surface area contributed by atoms with Crippen molar-refractivity contribution >= 4 is 29.2 Å². The summed E-state index contributed by atoms with van der Waals surface area (Å²) in [6, 6.07) is 4.16. The Labute approximate surface area is 127 Å². The van der Waals surface area contributed by atoms with Crippen LogP contribution in [0.3, 0.4) is 0 Å². The minimum Gasteiger partial charge on any atom is -0.478 e. The van der Waals surface area contributed by atoms with Crippen molar-refractivity contribution in [3.05, 3.63) is 28.8 Å². The first-order valence-corrected chi connectivity index (χ1v) is 7.03. The number of benzene rings is 1. The van der Waals surface area contributed by atoms with Gasteiger partial charge in [0.15, 0.2) is 0 Å². The van der Waals surface area contributed by atoms with Gasteiger partial charge in [-0.15, -0.1) is 0 Å². The van der Waals surface area contributed by atoms with Gasteiger partial charge in [0.05, 0.1) is 22.8 Å². The fraction of sp³-hybridized carbons (Fsp3) is 0.429. The number of carbonyl (C=O) groups excluding carboxylic acids is 1. The molecule has 1 aromatic rings. The summed E-state index contributed by atoms with van der Waals surface area (Å²) in [6.07, 6.45) is 0.874. The number of aliphatic hydroxyl groups is 1. The van der Waals surface area contributed by atoms with Gasteiger partial charge < -0.3 is 15.5 Å². The van der Waals surface area contributed by atoms with Gasteiger partial charge in [0, 0.05) is 13.2 Å². The number of halogens is 1. The highest BCUT2D eigenvalue weighted by Crippen LogP contribution is 2.23. The van der Waals surface area contributed by atoms with E-state index in [0.29, 0.717) is 17.3 Å². The molecule has 1 aliphatic heterocycles. The Bertz CT molecular complexity index is 550. The fourth-order valence-electron chi connectivity index (χ4n) is 2.35. The summed E-state index contributed by atoms with van der Waals surface area (Å²) in [5.41, 5.74) is 0.357. The number of nitrogens with zero attached hydrogens (tertiary/aromatic N) is 1. The van der Waals surface area contributed by atoms with Crippen LogP contribution in [0.5, 0.6) is 0 Å². The van der Waals surface area contributed by atoms with E-state index in [2.05, 4.69) is 5.32 Å². The van der Waals surface area contributed by atoms with Crippen LogP contribution in [0.4, 0.5) is 5.69 Å². The number of aromatic carboxylic acids is 1. The molecule has 0 saturated carbocycles. The van der Waals surface area contributed by atoms with Gasteiger partial charge in [-0.1, -0.05) is 11.6 Å². The number of hydrogen-bond acceptors (Lipinski definition) is 4. The lowest BCUT2D eigenvalue weighted by atomic mass is 10.1. The minimum atomic E-state index is -1.08. The second kappa shape index (κ2) is 6.89. The number of amides is 1. The summed E-state index contributed by atoms with van der Waals surface area (Å²) in [5, 5.41) is 20.9. The zero-order valence-corrected chi connectivity index (χ0v) is 12.1. The van der Waals surface area contributed by atoms with Crippen molar-refractivity contribution in [1.82, 2.24) is 4.90 Å². The maximum absolute atomic E-state index is 12.0. The first-order chi connectivity index (χ1) is 9.99. The topological polar surface area (TPSA) is 89.9 Å². The third-order valence-electron chi connectivity index (χ3n) is 3.48.